The van der Waals surface area contributed by atoms with E-state index in [-0.39, 0.29) is 25.7 Å². The largest absolute Gasteiger partial charge is 0.496 e. The van der Waals surface area contributed by atoms with Crippen LogP contribution in [0.5, 0.6) is 5.75 Å². The minimum Gasteiger partial charge on any atom is -0.496 e. The van der Waals surface area contributed by atoms with E-state index in [1.54, 1.807) is 19.2 Å². The minimum absolute atomic E-state index is 0.000440. The summed E-state index contributed by atoms with van der Waals surface area (Å²) in [6, 6.07) is 13.9. The Balaban J connectivity index is 1.42. The molecule has 11 heteroatoms. The van der Waals surface area contributed by atoms with E-state index in [9.17, 15) is 19.5 Å². The van der Waals surface area contributed by atoms with Gasteiger partial charge in [0.1, 0.15) is 17.5 Å². The lowest BCUT2D eigenvalue weighted by Gasteiger charge is -2.33. The number of rotatable bonds is 8. The first-order valence-corrected chi connectivity index (χ1v) is 14.4. The van der Waals surface area contributed by atoms with Crippen molar-refractivity contribution < 1.29 is 33.4 Å². The van der Waals surface area contributed by atoms with Gasteiger partial charge in [0.25, 0.3) is 0 Å². The van der Waals surface area contributed by atoms with Crippen LogP contribution in [-0.4, -0.2) is 85.9 Å². The first-order chi connectivity index (χ1) is 21.0. The fourth-order valence-electron chi connectivity index (χ4n) is 5.82. The molecule has 2 aliphatic rings. The Morgan fingerprint density at radius 2 is 1.73 bits per heavy atom. The normalized spacial score (nSPS) is 20.3. The number of nitrogens with zero attached hydrogens (tertiary/aromatic N) is 2. The van der Waals surface area contributed by atoms with Crippen molar-refractivity contribution in [3.05, 3.63) is 71.0 Å². The Morgan fingerprint density at radius 3 is 2.41 bits per heavy atom. The highest BCUT2D eigenvalue weighted by Gasteiger charge is 2.39. The zero-order valence-corrected chi connectivity index (χ0v) is 25.4. The molecule has 5 rings (SSSR count). The number of hydrogen-bond acceptors (Lipinski definition) is 7. The number of nitrogens with one attached hydrogen (secondary N) is 2. The van der Waals surface area contributed by atoms with Crippen LogP contribution < -0.4 is 15.4 Å². The number of aliphatic hydroxyl groups excluding tert-OH is 1. The summed E-state index contributed by atoms with van der Waals surface area (Å²) < 4.78 is 26.3. The van der Waals surface area contributed by atoms with Crippen molar-refractivity contribution in [2.24, 2.45) is 5.92 Å². The van der Waals surface area contributed by atoms with Gasteiger partial charge in [0.15, 0.2) is 0 Å². The quantitative estimate of drug-likeness (QED) is 0.336. The summed E-state index contributed by atoms with van der Waals surface area (Å²) in [4.78, 5) is 40.2. The van der Waals surface area contributed by atoms with Crippen molar-refractivity contribution in [2.75, 3.05) is 46.3 Å². The van der Waals surface area contributed by atoms with Crippen LogP contribution in [0.25, 0.3) is 22.3 Å². The van der Waals surface area contributed by atoms with Crippen LogP contribution in [0.1, 0.15) is 16.7 Å². The highest BCUT2D eigenvalue weighted by Crippen LogP contribution is 2.38. The fraction of sp³-hybridized carbons (Fsp3) is 0.364. The molecule has 10 nitrogen and oxygen atoms in total. The van der Waals surface area contributed by atoms with Crippen molar-refractivity contribution in [1.29, 1.82) is 0 Å². The van der Waals surface area contributed by atoms with Gasteiger partial charge in [-0.25, -0.2) is 9.18 Å². The Kier molecular flexibility index (Phi) is 9.00. The van der Waals surface area contributed by atoms with Gasteiger partial charge < -0.3 is 30.1 Å². The van der Waals surface area contributed by atoms with Gasteiger partial charge in [-0.15, -0.1) is 0 Å². The fourth-order valence-corrected chi connectivity index (χ4v) is 5.82. The molecule has 0 radical (unpaired) electrons. The number of carbonyl (C=O) groups is 3. The monoisotopic (exact) mass is 604 g/mol. The van der Waals surface area contributed by atoms with Crippen LogP contribution in [0, 0.1) is 25.6 Å². The van der Waals surface area contributed by atoms with E-state index in [0.29, 0.717) is 29.2 Å². The molecule has 1 unspecified atom stereocenters. The summed E-state index contributed by atoms with van der Waals surface area (Å²) in [5.74, 6) is -2.09. The van der Waals surface area contributed by atoms with Crippen molar-refractivity contribution in [2.45, 2.75) is 32.5 Å². The van der Waals surface area contributed by atoms with E-state index >= 15 is 4.39 Å². The maximum absolute atomic E-state index is 15.5. The molecule has 3 aromatic rings. The molecule has 2 aliphatic heterocycles. The average molecular weight is 605 g/mol. The van der Waals surface area contributed by atoms with Crippen LogP contribution in [0.3, 0.4) is 0 Å². The number of imide groups is 1. The van der Waals surface area contributed by atoms with Crippen molar-refractivity contribution >= 4 is 23.5 Å². The summed E-state index contributed by atoms with van der Waals surface area (Å²) in [6.45, 7) is 4.62. The molecule has 0 spiro atoms. The molecular formula is C33H37FN4O6. The number of urea groups is 1. The van der Waals surface area contributed by atoms with Crippen LogP contribution in [0.2, 0.25) is 0 Å². The van der Waals surface area contributed by atoms with Gasteiger partial charge in [0, 0.05) is 38.4 Å². The third-order valence-electron chi connectivity index (χ3n) is 8.51. The molecule has 0 aromatic heterocycles. The van der Waals surface area contributed by atoms with Gasteiger partial charge >= 0.3 is 6.03 Å². The number of carbonyl (C=O) groups excluding carboxylic acids is 3. The summed E-state index contributed by atoms with van der Waals surface area (Å²) in [6.07, 6.45) is -0.646. The number of aliphatic hydroxyl groups is 1. The van der Waals surface area contributed by atoms with Crippen LogP contribution >= 0.6 is 0 Å². The van der Waals surface area contributed by atoms with Gasteiger partial charge in [-0.3, -0.25) is 14.5 Å². The second kappa shape index (κ2) is 12.7. The van der Waals surface area contributed by atoms with Gasteiger partial charge in [-0.1, -0.05) is 30.3 Å². The lowest BCUT2D eigenvalue weighted by molar-refractivity contribution is -0.140. The van der Waals surface area contributed by atoms with Gasteiger partial charge in [0.05, 0.1) is 32.5 Å². The molecule has 3 N–H and O–H groups in total. The number of ether oxygens (including phenoxy) is 2. The number of anilines is 1. The SMILES string of the molecule is COc1cc(-c2cccc(-c3cccc(NC(=O)C4CN(C)C(=O)N(C)C4=O)c3C)c2C)cc(F)c1CN[C@@H]1COC[C@H]1O. The van der Waals surface area contributed by atoms with Crippen LogP contribution in [0.15, 0.2) is 48.5 Å². The second-order valence-electron chi connectivity index (χ2n) is 11.3. The highest BCUT2D eigenvalue weighted by molar-refractivity contribution is 6.12. The number of halogens is 1. The highest BCUT2D eigenvalue weighted by atomic mass is 19.1. The summed E-state index contributed by atoms with van der Waals surface area (Å²) >= 11 is 0. The van der Waals surface area contributed by atoms with E-state index in [4.69, 9.17) is 9.47 Å². The third-order valence-corrected chi connectivity index (χ3v) is 8.51. The third kappa shape index (κ3) is 5.90. The number of amides is 4. The number of benzene rings is 3. The Hall–Kier alpha value is -4.32. The maximum atomic E-state index is 15.5. The number of methoxy groups -OCH3 is 1. The van der Waals surface area contributed by atoms with E-state index < -0.39 is 35.7 Å². The smallest absolute Gasteiger partial charge is 0.326 e. The standard InChI is InChI=1S/C33H37FN4O6/c1-18-21(20-12-26(34)24(30(13-20)43-5)14-35-28-16-44-17-29(28)39)8-6-9-22(18)23-10-7-11-27(19(23)2)36-31(40)25-15-37(3)33(42)38(4)32(25)41/h6-13,25,28-29,35,39H,14-17H2,1-5H3,(H,36,40)/t25?,28-,29-/m1/s1. The van der Waals surface area contributed by atoms with E-state index in [1.165, 1.54) is 25.1 Å². The van der Waals surface area contributed by atoms with Crippen molar-refractivity contribution in [1.82, 2.24) is 15.1 Å². The molecule has 3 aromatic carbocycles. The van der Waals surface area contributed by atoms with Crippen LogP contribution in [0.4, 0.5) is 14.9 Å². The first-order valence-electron chi connectivity index (χ1n) is 14.4. The van der Waals surface area contributed by atoms with Gasteiger partial charge in [-0.2, -0.15) is 0 Å². The molecule has 44 heavy (non-hydrogen) atoms. The predicted molar refractivity (Wildman–Crippen MR) is 164 cm³/mol. The molecule has 0 saturated carbocycles. The zero-order valence-electron chi connectivity index (χ0n) is 25.4. The molecule has 4 amide bonds. The van der Waals surface area contributed by atoms with E-state index in [2.05, 4.69) is 10.6 Å². The summed E-state index contributed by atoms with van der Waals surface area (Å²) in [7, 11) is 4.42. The number of hydrogen-bond donors (Lipinski definition) is 3. The summed E-state index contributed by atoms with van der Waals surface area (Å²) in [5, 5.41) is 16.1. The molecule has 0 bridgehead atoms. The minimum atomic E-state index is -1.02. The molecule has 2 saturated heterocycles. The zero-order chi connectivity index (χ0) is 31.7. The first kappa shape index (κ1) is 31.1. The molecule has 2 fully saturated rings. The molecule has 3 atom stereocenters. The Bertz CT molecular complexity index is 1610. The maximum Gasteiger partial charge on any atom is 0.326 e. The summed E-state index contributed by atoms with van der Waals surface area (Å²) in [5.41, 5.74) is 5.84. The molecule has 232 valence electrons. The molecular weight excluding hydrogens is 567 g/mol. The predicted octanol–water partition coefficient (Wildman–Crippen LogP) is 3.71. The van der Waals surface area contributed by atoms with Crippen molar-refractivity contribution in [3.8, 4) is 28.0 Å². The van der Waals surface area contributed by atoms with Gasteiger partial charge in [-0.05, 0) is 65.4 Å². The average Bonchev–Trinajstić information content (AvgIpc) is 3.42. The van der Waals surface area contributed by atoms with Crippen molar-refractivity contribution in [3.63, 3.8) is 0 Å². The topological polar surface area (TPSA) is 120 Å². The molecule has 0 aliphatic carbocycles. The Labute approximate surface area is 255 Å². The lowest BCUT2D eigenvalue weighted by Crippen LogP contribution is -2.56. The van der Waals surface area contributed by atoms with Gasteiger partial charge in [0.2, 0.25) is 11.8 Å². The molecule has 2 heterocycles. The van der Waals surface area contributed by atoms with E-state index in [0.717, 1.165) is 32.7 Å². The van der Waals surface area contributed by atoms with Crippen LogP contribution in [-0.2, 0) is 20.9 Å². The Morgan fingerprint density at radius 1 is 1.05 bits per heavy atom. The lowest BCUT2D eigenvalue weighted by atomic mass is 9.90. The second-order valence-corrected chi connectivity index (χ2v) is 11.3. The van der Waals surface area contributed by atoms with E-state index in [1.807, 2.05) is 44.2 Å².